The first-order valence-electron chi connectivity index (χ1n) is 9.64. The first kappa shape index (κ1) is 19.2. The van der Waals surface area contributed by atoms with Crippen LogP contribution in [0.3, 0.4) is 0 Å². The average molecular weight is 338 g/mol. The van der Waals surface area contributed by atoms with Crippen LogP contribution in [0.2, 0.25) is 0 Å². The van der Waals surface area contributed by atoms with Crippen molar-refractivity contribution in [2.45, 2.75) is 39.5 Å². The summed E-state index contributed by atoms with van der Waals surface area (Å²) in [4.78, 5) is 33.0. The summed E-state index contributed by atoms with van der Waals surface area (Å²) in [6, 6.07) is 0. The quantitative estimate of drug-likeness (QED) is 0.721. The van der Waals surface area contributed by atoms with Crippen molar-refractivity contribution in [1.82, 2.24) is 19.6 Å². The highest BCUT2D eigenvalue weighted by Gasteiger charge is 2.24. The topological polar surface area (TPSA) is 47.1 Å². The van der Waals surface area contributed by atoms with Crippen LogP contribution in [0, 0.1) is 0 Å². The molecule has 0 unspecified atom stereocenters. The van der Waals surface area contributed by atoms with Gasteiger partial charge in [0.2, 0.25) is 11.8 Å². The fourth-order valence-corrected chi connectivity index (χ4v) is 3.58. The summed E-state index contributed by atoms with van der Waals surface area (Å²) in [5.74, 6) is 0.499. The Kier molecular flexibility index (Phi) is 7.99. The number of carbonyl (C=O) groups is 2. The normalized spacial score (nSPS) is 20.7. The first-order valence-corrected chi connectivity index (χ1v) is 9.64. The van der Waals surface area contributed by atoms with Crippen LogP contribution in [0.1, 0.15) is 39.5 Å². The van der Waals surface area contributed by atoms with Gasteiger partial charge in [-0.05, 0) is 26.7 Å². The molecule has 0 bridgehead atoms. The third-order valence-electron chi connectivity index (χ3n) is 5.26. The molecule has 2 aliphatic rings. The monoisotopic (exact) mass is 338 g/mol. The lowest BCUT2D eigenvalue weighted by Crippen LogP contribution is -2.52. The molecule has 0 aliphatic carbocycles. The number of likely N-dealkylation sites (tertiary alicyclic amines) is 1. The van der Waals surface area contributed by atoms with Gasteiger partial charge in [0.1, 0.15) is 0 Å². The summed E-state index contributed by atoms with van der Waals surface area (Å²) in [6.07, 6.45) is 4.80. The van der Waals surface area contributed by atoms with Crippen molar-refractivity contribution in [3.8, 4) is 0 Å². The van der Waals surface area contributed by atoms with Crippen molar-refractivity contribution >= 4 is 11.8 Å². The maximum atomic E-state index is 12.5. The highest BCUT2D eigenvalue weighted by Crippen LogP contribution is 2.11. The number of piperazine rings is 1. The molecule has 0 aromatic heterocycles. The van der Waals surface area contributed by atoms with Gasteiger partial charge in [0.15, 0.2) is 0 Å². The molecule has 0 aromatic rings. The van der Waals surface area contributed by atoms with Crippen molar-refractivity contribution in [2.75, 3.05) is 65.4 Å². The predicted molar refractivity (Wildman–Crippen MR) is 95.9 cm³/mol. The van der Waals surface area contributed by atoms with E-state index in [1.807, 2.05) is 23.6 Å². The fraction of sp³-hybridized carbons (Fsp3) is 0.889. The second kappa shape index (κ2) is 9.99. The molecule has 138 valence electrons. The van der Waals surface area contributed by atoms with Crippen LogP contribution in [0.15, 0.2) is 0 Å². The van der Waals surface area contributed by atoms with Gasteiger partial charge in [-0.25, -0.2) is 0 Å². The van der Waals surface area contributed by atoms with E-state index in [1.165, 1.54) is 12.8 Å². The molecule has 0 aromatic carbocycles. The van der Waals surface area contributed by atoms with Crippen LogP contribution < -0.4 is 0 Å². The first-order chi connectivity index (χ1) is 11.6. The molecule has 2 heterocycles. The van der Waals surface area contributed by atoms with Crippen molar-refractivity contribution in [1.29, 1.82) is 0 Å². The van der Waals surface area contributed by atoms with Gasteiger partial charge in [-0.15, -0.1) is 0 Å². The number of carbonyl (C=O) groups excluding carboxylic acids is 2. The summed E-state index contributed by atoms with van der Waals surface area (Å²) in [5, 5.41) is 0. The zero-order valence-electron chi connectivity index (χ0n) is 15.5. The molecule has 2 fully saturated rings. The van der Waals surface area contributed by atoms with E-state index in [1.54, 1.807) is 0 Å². The van der Waals surface area contributed by atoms with Crippen molar-refractivity contribution < 1.29 is 9.59 Å². The third kappa shape index (κ3) is 5.74. The molecule has 0 N–H and O–H groups in total. The van der Waals surface area contributed by atoms with Crippen LogP contribution in [-0.4, -0.2) is 96.9 Å². The van der Waals surface area contributed by atoms with E-state index < -0.39 is 0 Å². The van der Waals surface area contributed by atoms with Gasteiger partial charge in [-0.2, -0.15) is 0 Å². The van der Waals surface area contributed by atoms with Gasteiger partial charge < -0.3 is 9.80 Å². The SMILES string of the molecule is CCN(CC)C(=O)CN1CCN(CC(=O)N2CCCCCC2)CC1. The smallest absolute Gasteiger partial charge is 0.236 e. The van der Waals surface area contributed by atoms with Gasteiger partial charge in [-0.1, -0.05) is 12.8 Å². The molecule has 2 aliphatic heterocycles. The Morgan fingerprint density at radius 1 is 0.750 bits per heavy atom. The second-order valence-electron chi connectivity index (χ2n) is 6.91. The lowest BCUT2D eigenvalue weighted by Gasteiger charge is -2.35. The van der Waals surface area contributed by atoms with Gasteiger partial charge >= 0.3 is 0 Å². The van der Waals surface area contributed by atoms with Gasteiger partial charge in [0, 0.05) is 52.4 Å². The van der Waals surface area contributed by atoms with E-state index in [0.29, 0.717) is 13.1 Å². The molecule has 2 rings (SSSR count). The molecule has 24 heavy (non-hydrogen) atoms. The highest BCUT2D eigenvalue weighted by molar-refractivity contribution is 5.78. The summed E-state index contributed by atoms with van der Waals surface area (Å²) in [7, 11) is 0. The molecule has 6 nitrogen and oxygen atoms in total. The molecule has 2 amide bonds. The van der Waals surface area contributed by atoms with Gasteiger partial charge in [0.05, 0.1) is 13.1 Å². The standard InChI is InChI=1S/C18H34N4O2/c1-3-21(4-2)17(23)15-19-11-13-20(14-12-19)16-18(24)22-9-7-5-6-8-10-22/h3-16H2,1-2H3. The maximum Gasteiger partial charge on any atom is 0.236 e. The Morgan fingerprint density at radius 3 is 1.75 bits per heavy atom. The zero-order chi connectivity index (χ0) is 17.4. The zero-order valence-corrected chi connectivity index (χ0v) is 15.5. The van der Waals surface area contributed by atoms with E-state index in [0.717, 1.165) is 65.2 Å². The van der Waals surface area contributed by atoms with E-state index in [4.69, 9.17) is 0 Å². The largest absolute Gasteiger partial charge is 0.342 e. The summed E-state index contributed by atoms with van der Waals surface area (Å²) >= 11 is 0. The third-order valence-corrected chi connectivity index (χ3v) is 5.26. The summed E-state index contributed by atoms with van der Waals surface area (Å²) in [6.45, 7) is 12.0. The van der Waals surface area contributed by atoms with Crippen molar-refractivity contribution in [2.24, 2.45) is 0 Å². The van der Waals surface area contributed by atoms with Gasteiger partial charge in [0.25, 0.3) is 0 Å². The Morgan fingerprint density at radius 2 is 1.25 bits per heavy atom. The Bertz CT molecular complexity index is 396. The number of hydrogen-bond donors (Lipinski definition) is 0. The van der Waals surface area contributed by atoms with Crippen LogP contribution in [0.4, 0.5) is 0 Å². The lowest BCUT2D eigenvalue weighted by atomic mass is 10.2. The summed E-state index contributed by atoms with van der Waals surface area (Å²) in [5.41, 5.74) is 0. The fourth-order valence-electron chi connectivity index (χ4n) is 3.58. The highest BCUT2D eigenvalue weighted by atomic mass is 16.2. The minimum absolute atomic E-state index is 0.217. The van der Waals surface area contributed by atoms with E-state index >= 15 is 0 Å². The Hall–Kier alpha value is -1.14. The van der Waals surface area contributed by atoms with E-state index in [2.05, 4.69) is 9.80 Å². The molecule has 0 atom stereocenters. The number of nitrogens with zero attached hydrogens (tertiary/aromatic N) is 4. The van der Waals surface area contributed by atoms with E-state index in [-0.39, 0.29) is 11.8 Å². The van der Waals surface area contributed by atoms with Crippen LogP contribution in [0.25, 0.3) is 0 Å². The van der Waals surface area contributed by atoms with Crippen molar-refractivity contribution in [3.63, 3.8) is 0 Å². The number of rotatable bonds is 6. The van der Waals surface area contributed by atoms with Gasteiger partial charge in [-0.3, -0.25) is 19.4 Å². The summed E-state index contributed by atoms with van der Waals surface area (Å²) < 4.78 is 0. The molecule has 0 spiro atoms. The van der Waals surface area contributed by atoms with E-state index in [9.17, 15) is 9.59 Å². The molecule has 6 heteroatoms. The van der Waals surface area contributed by atoms with Crippen LogP contribution in [0.5, 0.6) is 0 Å². The minimum Gasteiger partial charge on any atom is -0.342 e. The van der Waals surface area contributed by atoms with Crippen LogP contribution in [-0.2, 0) is 9.59 Å². The molecular weight excluding hydrogens is 304 g/mol. The lowest BCUT2D eigenvalue weighted by molar-refractivity contribution is -0.135. The second-order valence-corrected chi connectivity index (χ2v) is 6.91. The molecular formula is C18H34N4O2. The molecule has 0 radical (unpaired) electrons. The van der Waals surface area contributed by atoms with Crippen LogP contribution >= 0.6 is 0 Å². The Labute approximate surface area is 146 Å². The predicted octanol–water partition coefficient (Wildman–Crippen LogP) is 0.875. The maximum absolute atomic E-state index is 12.5. The molecule has 0 saturated carbocycles. The number of amides is 2. The van der Waals surface area contributed by atoms with Crippen molar-refractivity contribution in [3.05, 3.63) is 0 Å². The Balaban J connectivity index is 1.70. The average Bonchev–Trinajstić information content (AvgIpc) is 2.87. The minimum atomic E-state index is 0.217. The number of hydrogen-bond acceptors (Lipinski definition) is 4. The number of likely N-dealkylation sites (N-methyl/N-ethyl adjacent to an activating group) is 1. The molecule has 2 saturated heterocycles.